The van der Waals surface area contributed by atoms with Gasteiger partial charge in [-0.25, -0.2) is 9.97 Å². The maximum absolute atomic E-state index is 6.60. The van der Waals surface area contributed by atoms with Gasteiger partial charge in [0, 0.05) is 43.7 Å². The largest absolute Gasteiger partial charge is 0.456 e. The number of pyridine rings is 2. The maximum atomic E-state index is 6.60. The van der Waals surface area contributed by atoms with E-state index in [-0.39, 0.29) is 0 Å². The standard InChI is InChI=1S/C52H31N3OS/c1-2-14-36-34(12-1)35-13-3-4-15-37(35)40-17-6-8-20-49(40)57-50-31-44-39-16-5-7-19-47(39)56-48(44)30-45(50)42-28-32(22-24-38(36)42)33-23-25-46-43(29-33)41-18-11-27-54-52(41)55(46)51-21-9-10-26-53-51/h1-31H. The molecule has 266 valence electrons. The van der Waals surface area contributed by atoms with Crippen LogP contribution in [0.4, 0.5) is 0 Å². The molecule has 0 spiro atoms. The van der Waals surface area contributed by atoms with Crippen LogP contribution in [0.3, 0.4) is 0 Å². The predicted octanol–water partition coefficient (Wildman–Crippen LogP) is 14.3. The minimum Gasteiger partial charge on any atom is -0.456 e. The molecule has 1 aliphatic rings. The molecule has 5 heteroatoms. The first-order valence-electron chi connectivity index (χ1n) is 19.1. The highest BCUT2D eigenvalue weighted by molar-refractivity contribution is 7.99. The fraction of sp³-hybridized carbons (Fsp3) is 0. The summed E-state index contributed by atoms with van der Waals surface area (Å²) in [4.78, 5) is 11.9. The molecule has 0 N–H and O–H groups in total. The van der Waals surface area contributed by atoms with Gasteiger partial charge in [-0.15, -0.1) is 0 Å². The summed E-state index contributed by atoms with van der Waals surface area (Å²) >= 11 is 1.83. The second-order valence-electron chi connectivity index (χ2n) is 14.5. The molecule has 5 heterocycles. The number of hydrogen-bond acceptors (Lipinski definition) is 4. The molecule has 12 rings (SSSR count). The molecule has 0 saturated carbocycles. The highest BCUT2D eigenvalue weighted by atomic mass is 32.2. The van der Waals surface area contributed by atoms with Crippen molar-refractivity contribution in [2.24, 2.45) is 0 Å². The van der Waals surface area contributed by atoms with Gasteiger partial charge < -0.3 is 4.42 Å². The van der Waals surface area contributed by atoms with E-state index in [9.17, 15) is 0 Å². The molecule has 0 aliphatic carbocycles. The fourth-order valence-electron chi connectivity index (χ4n) is 8.77. The molecular formula is C52H31N3OS. The SMILES string of the molecule is c1ccc(-n2c3ccc(-c4ccc5c(c4)-c4cc6oc7ccccc7c6cc4Sc4ccccc4-c4ccccc4-c4ccccc4-5)cc3c3cccnc32)nc1. The molecule has 11 aromatic rings. The summed E-state index contributed by atoms with van der Waals surface area (Å²) in [6.07, 6.45) is 3.69. The summed E-state index contributed by atoms with van der Waals surface area (Å²) < 4.78 is 8.75. The summed E-state index contributed by atoms with van der Waals surface area (Å²) in [7, 11) is 0. The van der Waals surface area contributed by atoms with E-state index in [4.69, 9.17) is 14.4 Å². The van der Waals surface area contributed by atoms with Gasteiger partial charge in [0.2, 0.25) is 0 Å². The summed E-state index contributed by atoms with van der Waals surface area (Å²) in [5.74, 6) is 0.848. The Balaban J connectivity index is 1.16. The Morgan fingerprint density at radius 3 is 1.84 bits per heavy atom. The number of benzene rings is 7. The van der Waals surface area contributed by atoms with Crippen LogP contribution in [-0.4, -0.2) is 14.5 Å². The third-order valence-electron chi connectivity index (χ3n) is 11.4. The molecule has 0 saturated heterocycles. The smallest absolute Gasteiger partial charge is 0.146 e. The van der Waals surface area contributed by atoms with Crippen molar-refractivity contribution >= 4 is 55.6 Å². The van der Waals surface area contributed by atoms with Gasteiger partial charge in [-0.1, -0.05) is 121 Å². The van der Waals surface area contributed by atoms with Crippen LogP contribution in [-0.2, 0) is 0 Å². The van der Waals surface area contributed by atoms with E-state index in [0.29, 0.717) is 0 Å². The van der Waals surface area contributed by atoms with E-state index in [1.165, 1.54) is 43.2 Å². The van der Waals surface area contributed by atoms with Crippen molar-refractivity contribution in [3.05, 3.63) is 188 Å². The van der Waals surface area contributed by atoms with Gasteiger partial charge in [-0.2, -0.15) is 0 Å². The number of rotatable bonds is 2. The normalized spacial score (nSPS) is 12.1. The molecule has 0 radical (unpaired) electrons. The fourth-order valence-corrected chi connectivity index (χ4v) is 9.90. The molecule has 0 unspecified atom stereocenters. The van der Waals surface area contributed by atoms with Crippen LogP contribution in [0.2, 0.25) is 0 Å². The van der Waals surface area contributed by atoms with Gasteiger partial charge in [-0.3, -0.25) is 4.57 Å². The Bertz CT molecular complexity index is 3400. The first-order valence-corrected chi connectivity index (χ1v) is 20.0. The number of para-hydroxylation sites is 1. The van der Waals surface area contributed by atoms with Crippen LogP contribution < -0.4 is 0 Å². The first kappa shape index (κ1) is 32.1. The predicted molar refractivity (Wildman–Crippen MR) is 235 cm³/mol. The summed E-state index contributed by atoms with van der Waals surface area (Å²) in [5.41, 5.74) is 15.5. The van der Waals surface area contributed by atoms with Crippen molar-refractivity contribution in [3.8, 4) is 61.5 Å². The summed E-state index contributed by atoms with van der Waals surface area (Å²) in [6.45, 7) is 0. The molecule has 7 aromatic carbocycles. The zero-order valence-electron chi connectivity index (χ0n) is 30.6. The Hall–Kier alpha value is -7.21. The van der Waals surface area contributed by atoms with Gasteiger partial charge in [0.15, 0.2) is 0 Å². The molecular weight excluding hydrogens is 715 g/mol. The van der Waals surface area contributed by atoms with E-state index in [2.05, 4.69) is 150 Å². The van der Waals surface area contributed by atoms with Crippen molar-refractivity contribution in [3.63, 3.8) is 0 Å². The second-order valence-corrected chi connectivity index (χ2v) is 15.6. The van der Waals surface area contributed by atoms with E-state index >= 15 is 0 Å². The third-order valence-corrected chi connectivity index (χ3v) is 12.5. The molecule has 0 amide bonds. The maximum Gasteiger partial charge on any atom is 0.146 e. The second kappa shape index (κ2) is 12.7. The molecule has 4 aromatic heterocycles. The lowest BCUT2D eigenvalue weighted by molar-refractivity contribution is 0.669. The minimum atomic E-state index is 0.848. The number of hydrogen-bond donors (Lipinski definition) is 0. The number of nitrogens with zero attached hydrogens (tertiary/aromatic N) is 3. The van der Waals surface area contributed by atoms with Gasteiger partial charge in [0.1, 0.15) is 22.6 Å². The molecule has 0 bridgehead atoms. The van der Waals surface area contributed by atoms with Crippen molar-refractivity contribution in [1.29, 1.82) is 0 Å². The highest BCUT2D eigenvalue weighted by Gasteiger charge is 2.23. The van der Waals surface area contributed by atoms with E-state index in [0.717, 1.165) is 71.9 Å². The van der Waals surface area contributed by atoms with E-state index in [1.807, 2.05) is 54.5 Å². The van der Waals surface area contributed by atoms with Crippen LogP contribution in [0.25, 0.3) is 105 Å². The lowest BCUT2D eigenvalue weighted by Gasteiger charge is -2.18. The van der Waals surface area contributed by atoms with Crippen LogP contribution in [0, 0.1) is 0 Å². The number of aromatic nitrogens is 3. The monoisotopic (exact) mass is 745 g/mol. The average molecular weight is 746 g/mol. The zero-order chi connectivity index (χ0) is 37.5. The van der Waals surface area contributed by atoms with Crippen LogP contribution in [0.15, 0.2) is 203 Å². The van der Waals surface area contributed by atoms with Crippen LogP contribution in [0.5, 0.6) is 0 Å². The van der Waals surface area contributed by atoms with Gasteiger partial charge in [0.25, 0.3) is 0 Å². The Morgan fingerprint density at radius 2 is 1.04 bits per heavy atom. The lowest BCUT2D eigenvalue weighted by atomic mass is 9.85. The molecule has 4 nitrogen and oxygen atoms in total. The topological polar surface area (TPSA) is 43.9 Å². The molecule has 0 atom stereocenters. The van der Waals surface area contributed by atoms with Crippen LogP contribution >= 0.6 is 11.8 Å². The molecule has 1 aliphatic heterocycles. The van der Waals surface area contributed by atoms with Crippen molar-refractivity contribution in [2.45, 2.75) is 9.79 Å². The van der Waals surface area contributed by atoms with E-state index < -0.39 is 0 Å². The Labute approximate surface area is 332 Å². The summed E-state index contributed by atoms with van der Waals surface area (Å²) in [6, 6.07) is 63.3. The minimum absolute atomic E-state index is 0.848. The van der Waals surface area contributed by atoms with Crippen LogP contribution in [0.1, 0.15) is 0 Å². The first-order chi connectivity index (χ1) is 28.3. The van der Waals surface area contributed by atoms with Crippen molar-refractivity contribution in [2.75, 3.05) is 0 Å². The van der Waals surface area contributed by atoms with Gasteiger partial charge in [0.05, 0.1) is 5.52 Å². The summed E-state index contributed by atoms with van der Waals surface area (Å²) in [5, 5.41) is 4.47. The molecule has 0 fully saturated rings. The quantitative estimate of drug-likeness (QED) is 0.177. The third kappa shape index (κ3) is 5.03. The number of furan rings is 1. The Morgan fingerprint density at radius 1 is 0.386 bits per heavy atom. The average Bonchev–Trinajstić information content (AvgIpc) is 3.81. The molecule has 57 heavy (non-hydrogen) atoms. The van der Waals surface area contributed by atoms with Gasteiger partial charge in [-0.05, 0) is 122 Å². The van der Waals surface area contributed by atoms with Gasteiger partial charge >= 0.3 is 0 Å². The highest BCUT2D eigenvalue weighted by Crippen LogP contribution is 2.50. The van der Waals surface area contributed by atoms with Crippen molar-refractivity contribution in [1.82, 2.24) is 14.5 Å². The zero-order valence-corrected chi connectivity index (χ0v) is 31.4. The number of fused-ring (bicyclic) bond motifs is 15. The Kier molecular flexibility index (Phi) is 7.13. The van der Waals surface area contributed by atoms with Crippen molar-refractivity contribution < 1.29 is 4.42 Å². The van der Waals surface area contributed by atoms with E-state index in [1.54, 1.807) is 0 Å². The lowest BCUT2D eigenvalue weighted by Crippen LogP contribution is -1.97.